The first-order valence-electron chi connectivity index (χ1n) is 4.84. The van der Waals surface area contributed by atoms with E-state index in [1.54, 1.807) is 11.3 Å². The van der Waals surface area contributed by atoms with Crippen molar-refractivity contribution in [1.29, 1.82) is 0 Å². The van der Waals surface area contributed by atoms with Crippen molar-refractivity contribution in [3.63, 3.8) is 0 Å². The Hall–Kier alpha value is -1.20. The fourth-order valence-electron chi connectivity index (χ4n) is 1.56. The number of aryl methyl sites for hydroxylation is 1. The first-order chi connectivity index (χ1) is 7.31. The van der Waals surface area contributed by atoms with E-state index in [-0.39, 0.29) is 6.04 Å². The first-order valence-corrected chi connectivity index (χ1v) is 5.72. The molecule has 0 saturated carbocycles. The average molecular weight is 222 g/mol. The number of nitrogens with zero attached hydrogens (tertiary/aromatic N) is 3. The molecule has 2 heterocycles. The molecule has 0 amide bonds. The number of hydrogen-bond acceptors (Lipinski definition) is 4. The van der Waals surface area contributed by atoms with Crippen LogP contribution in [0.3, 0.4) is 0 Å². The predicted molar refractivity (Wildman–Crippen MR) is 60.8 cm³/mol. The third kappa shape index (κ3) is 2.24. The van der Waals surface area contributed by atoms with Gasteiger partial charge in [-0.05, 0) is 7.05 Å². The summed E-state index contributed by atoms with van der Waals surface area (Å²) in [5.41, 5.74) is 0. The zero-order valence-corrected chi connectivity index (χ0v) is 9.66. The Balaban J connectivity index is 2.15. The molecule has 0 radical (unpaired) electrons. The third-order valence-corrected chi connectivity index (χ3v) is 3.18. The van der Waals surface area contributed by atoms with E-state index in [4.69, 9.17) is 0 Å². The van der Waals surface area contributed by atoms with E-state index in [9.17, 15) is 0 Å². The molecule has 0 fully saturated rings. The number of imidazole rings is 1. The highest BCUT2D eigenvalue weighted by molar-refractivity contribution is 7.09. The van der Waals surface area contributed by atoms with Gasteiger partial charge in [0.15, 0.2) is 0 Å². The van der Waals surface area contributed by atoms with Crippen molar-refractivity contribution in [2.75, 3.05) is 7.05 Å². The molecule has 0 aliphatic heterocycles. The van der Waals surface area contributed by atoms with Crippen LogP contribution in [0.1, 0.15) is 16.9 Å². The lowest BCUT2D eigenvalue weighted by molar-refractivity contribution is 0.537. The standard InChI is InChI=1S/C10H14N4S/c1-11-8(7-9-12-4-6-15-9)10-13-3-5-14(10)2/h3-6,8,11H,7H2,1-2H3. The van der Waals surface area contributed by atoms with E-state index < -0.39 is 0 Å². The predicted octanol–water partition coefficient (Wildman–Crippen LogP) is 1.38. The molecule has 2 aromatic rings. The van der Waals surface area contributed by atoms with Crippen LogP contribution in [0.25, 0.3) is 0 Å². The minimum Gasteiger partial charge on any atom is -0.337 e. The normalized spacial score (nSPS) is 12.9. The number of thiazole rings is 1. The summed E-state index contributed by atoms with van der Waals surface area (Å²) >= 11 is 1.68. The van der Waals surface area contributed by atoms with Gasteiger partial charge in [0.2, 0.25) is 0 Å². The summed E-state index contributed by atoms with van der Waals surface area (Å²) < 4.78 is 2.04. The van der Waals surface area contributed by atoms with Gasteiger partial charge in [0, 0.05) is 37.4 Å². The maximum absolute atomic E-state index is 4.34. The molecule has 0 spiro atoms. The maximum atomic E-state index is 4.34. The van der Waals surface area contributed by atoms with Crippen LogP contribution in [0.4, 0.5) is 0 Å². The van der Waals surface area contributed by atoms with Gasteiger partial charge >= 0.3 is 0 Å². The second-order valence-corrected chi connectivity index (χ2v) is 4.35. The topological polar surface area (TPSA) is 42.7 Å². The van der Waals surface area contributed by atoms with Crippen LogP contribution in [-0.4, -0.2) is 21.6 Å². The van der Waals surface area contributed by atoms with Crippen molar-refractivity contribution in [3.05, 3.63) is 34.8 Å². The van der Waals surface area contributed by atoms with Gasteiger partial charge in [-0.1, -0.05) is 0 Å². The molecule has 5 heteroatoms. The summed E-state index contributed by atoms with van der Waals surface area (Å²) in [6.45, 7) is 0. The number of rotatable bonds is 4. The van der Waals surface area contributed by atoms with Gasteiger partial charge in [0.1, 0.15) is 5.82 Å². The molecular formula is C10H14N4S. The van der Waals surface area contributed by atoms with Crippen molar-refractivity contribution in [3.8, 4) is 0 Å². The zero-order valence-electron chi connectivity index (χ0n) is 8.84. The second kappa shape index (κ2) is 4.55. The summed E-state index contributed by atoms with van der Waals surface area (Å²) in [5, 5.41) is 6.40. The van der Waals surface area contributed by atoms with E-state index >= 15 is 0 Å². The number of aromatic nitrogens is 3. The number of likely N-dealkylation sites (N-methyl/N-ethyl adjacent to an activating group) is 1. The molecule has 80 valence electrons. The lowest BCUT2D eigenvalue weighted by Crippen LogP contribution is -2.22. The summed E-state index contributed by atoms with van der Waals surface area (Å²) in [6.07, 6.45) is 6.51. The van der Waals surface area contributed by atoms with Crippen molar-refractivity contribution in [2.45, 2.75) is 12.5 Å². The van der Waals surface area contributed by atoms with Crippen LogP contribution in [0.15, 0.2) is 24.0 Å². The minimum atomic E-state index is 0.233. The number of nitrogens with one attached hydrogen (secondary N) is 1. The Morgan fingerprint density at radius 1 is 1.47 bits per heavy atom. The molecular weight excluding hydrogens is 208 g/mol. The Labute approximate surface area is 93.0 Å². The average Bonchev–Trinajstić information content (AvgIpc) is 2.85. The van der Waals surface area contributed by atoms with Crippen molar-refractivity contribution in [1.82, 2.24) is 19.9 Å². The molecule has 0 bridgehead atoms. The molecule has 1 N–H and O–H groups in total. The fourth-order valence-corrected chi connectivity index (χ4v) is 2.23. The van der Waals surface area contributed by atoms with Crippen LogP contribution in [0.5, 0.6) is 0 Å². The summed E-state index contributed by atoms with van der Waals surface area (Å²) in [7, 11) is 3.96. The molecule has 4 nitrogen and oxygen atoms in total. The van der Waals surface area contributed by atoms with E-state index in [1.165, 1.54) is 0 Å². The van der Waals surface area contributed by atoms with Crippen LogP contribution >= 0.6 is 11.3 Å². The molecule has 0 aliphatic rings. The highest BCUT2D eigenvalue weighted by Gasteiger charge is 2.15. The molecule has 1 atom stereocenters. The summed E-state index contributed by atoms with van der Waals surface area (Å²) in [4.78, 5) is 8.63. The molecule has 0 aliphatic carbocycles. The highest BCUT2D eigenvalue weighted by Crippen LogP contribution is 2.17. The number of hydrogen-bond donors (Lipinski definition) is 1. The molecule has 0 saturated heterocycles. The third-order valence-electron chi connectivity index (χ3n) is 2.38. The van der Waals surface area contributed by atoms with Crippen LogP contribution in [0.2, 0.25) is 0 Å². The molecule has 0 aromatic carbocycles. The quantitative estimate of drug-likeness (QED) is 0.850. The molecule has 15 heavy (non-hydrogen) atoms. The fraction of sp³-hybridized carbons (Fsp3) is 0.400. The van der Waals surface area contributed by atoms with Gasteiger partial charge in [-0.2, -0.15) is 0 Å². The summed E-state index contributed by atoms with van der Waals surface area (Å²) in [5.74, 6) is 1.05. The first kappa shape index (κ1) is 10.3. The van der Waals surface area contributed by atoms with Gasteiger partial charge in [0.05, 0.1) is 11.0 Å². The Morgan fingerprint density at radius 3 is 2.87 bits per heavy atom. The Bertz CT molecular complexity index is 407. The smallest absolute Gasteiger partial charge is 0.126 e. The Kier molecular flexibility index (Phi) is 3.13. The molecule has 2 aromatic heterocycles. The molecule has 1 unspecified atom stereocenters. The van der Waals surface area contributed by atoms with Crippen LogP contribution in [0, 0.1) is 0 Å². The highest BCUT2D eigenvalue weighted by atomic mass is 32.1. The summed E-state index contributed by atoms with van der Waals surface area (Å²) in [6, 6.07) is 0.233. The van der Waals surface area contributed by atoms with Gasteiger partial charge < -0.3 is 9.88 Å². The van der Waals surface area contributed by atoms with E-state index in [0.29, 0.717) is 0 Å². The van der Waals surface area contributed by atoms with Gasteiger partial charge in [-0.3, -0.25) is 0 Å². The van der Waals surface area contributed by atoms with E-state index in [2.05, 4.69) is 15.3 Å². The Morgan fingerprint density at radius 2 is 2.33 bits per heavy atom. The van der Waals surface area contributed by atoms with Crippen molar-refractivity contribution >= 4 is 11.3 Å². The van der Waals surface area contributed by atoms with Crippen LogP contribution in [-0.2, 0) is 13.5 Å². The largest absolute Gasteiger partial charge is 0.337 e. The van der Waals surface area contributed by atoms with Crippen molar-refractivity contribution in [2.24, 2.45) is 7.05 Å². The van der Waals surface area contributed by atoms with E-state index in [0.717, 1.165) is 17.3 Å². The SMILES string of the molecule is CNC(Cc1nccs1)c1nccn1C. The van der Waals surface area contributed by atoms with Gasteiger partial charge in [-0.25, -0.2) is 9.97 Å². The van der Waals surface area contributed by atoms with Crippen LogP contribution < -0.4 is 5.32 Å². The maximum Gasteiger partial charge on any atom is 0.126 e. The van der Waals surface area contributed by atoms with Gasteiger partial charge in [-0.15, -0.1) is 11.3 Å². The van der Waals surface area contributed by atoms with Crippen molar-refractivity contribution < 1.29 is 0 Å². The monoisotopic (exact) mass is 222 g/mol. The second-order valence-electron chi connectivity index (χ2n) is 3.37. The van der Waals surface area contributed by atoms with E-state index in [1.807, 2.05) is 42.6 Å². The lowest BCUT2D eigenvalue weighted by atomic mass is 10.2. The zero-order chi connectivity index (χ0) is 10.7. The lowest BCUT2D eigenvalue weighted by Gasteiger charge is -2.14. The minimum absolute atomic E-state index is 0.233. The molecule has 2 rings (SSSR count). The van der Waals surface area contributed by atoms with Gasteiger partial charge in [0.25, 0.3) is 0 Å².